The number of carbonyl (C=O) groups excluding carboxylic acids is 3. The highest BCUT2D eigenvalue weighted by Crippen LogP contribution is 2.34. The fourth-order valence-electron chi connectivity index (χ4n) is 5.35. The maximum Gasteiger partial charge on any atom is 0.528 e. The van der Waals surface area contributed by atoms with Gasteiger partial charge in [-0.1, -0.05) is 29.8 Å². The Kier molecular flexibility index (Phi) is 9.41. The Balaban J connectivity index is 1.78. The molecule has 0 bridgehead atoms. The van der Waals surface area contributed by atoms with Crippen molar-refractivity contribution in [3.8, 4) is 0 Å². The monoisotopic (exact) mass is 588 g/mol. The van der Waals surface area contributed by atoms with Crippen LogP contribution in [0, 0.1) is 0 Å². The van der Waals surface area contributed by atoms with Gasteiger partial charge >= 0.3 is 18.1 Å². The van der Waals surface area contributed by atoms with Gasteiger partial charge in [-0.05, 0) is 51.3 Å². The van der Waals surface area contributed by atoms with Crippen LogP contribution in [0.5, 0.6) is 0 Å². The third-order valence-electron chi connectivity index (χ3n) is 7.11. The van der Waals surface area contributed by atoms with Crippen molar-refractivity contribution in [2.45, 2.75) is 64.8 Å². The number of rotatable bonds is 7. The number of nitrogens with zero attached hydrogens (tertiary/aromatic N) is 4. The van der Waals surface area contributed by atoms with Crippen molar-refractivity contribution in [1.29, 1.82) is 0 Å². The molecule has 1 fully saturated rings. The summed E-state index contributed by atoms with van der Waals surface area (Å²) in [6, 6.07) is 7.24. The Bertz CT molecular complexity index is 1320. The smallest absolute Gasteiger partial charge is 0.444 e. The van der Waals surface area contributed by atoms with E-state index in [1.54, 1.807) is 30.1 Å². The van der Waals surface area contributed by atoms with Crippen molar-refractivity contribution in [2.24, 2.45) is 0 Å². The van der Waals surface area contributed by atoms with E-state index in [9.17, 15) is 14.4 Å². The summed E-state index contributed by atoms with van der Waals surface area (Å²) in [5.41, 5.74) is 0.967. The summed E-state index contributed by atoms with van der Waals surface area (Å²) in [5, 5.41) is 8.27. The molecule has 4 rings (SSSR count). The van der Waals surface area contributed by atoms with E-state index in [1.165, 1.54) is 7.11 Å². The molecule has 12 heteroatoms. The normalized spacial score (nSPS) is 20.6. The number of halogens is 1. The molecule has 1 aromatic heterocycles. The zero-order chi connectivity index (χ0) is 29.8. The van der Waals surface area contributed by atoms with E-state index in [0.29, 0.717) is 42.3 Å². The van der Waals surface area contributed by atoms with Crippen molar-refractivity contribution >= 4 is 35.5 Å². The van der Waals surface area contributed by atoms with Gasteiger partial charge in [-0.2, -0.15) is 9.89 Å². The molecule has 222 valence electrons. The van der Waals surface area contributed by atoms with Gasteiger partial charge in [-0.25, -0.2) is 14.3 Å². The second kappa shape index (κ2) is 12.6. The predicted molar refractivity (Wildman–Crippen MR) is 154 cm³/mol. The van der Waals surface area contributed by atoms with Crippen LogP contribution < -0.4 is 10.2 Å². The average Bonchev–Trinajstić information content (AvgIpc) is 3.55. The van der Waals surface area contributed by atoms with Crippen molar-refractivity contribution < 1.29 is 33.1 Å². The predicted octanol–water partition coefficient (Wildman–Crippen LogP) is 4.87. The largest absolute Gasteiger partial charge is 0.528 e. The minimum Gasteiger partial charge on any atom is -0.444 e. The van der Waals surface area contributed by atoms with Gasteiger partial charge in [0.2, 0.25) is 0 Å². The summed E-state index contributed by atoms with van der Waals surface area (Å²) in [7, 11) is 2.82. The van der Waals surface area contributed by atoms with Crippen LogP contribution in [0.1, 0.15) is 61.6 Å². The second-order valence-corrected chi connectivity index (χ2v) is 11.7. The minimum absolute atomic E-state index is 0.0762. The van der Waals surface area contributed by atoms with Gasteiger partial charge in [-0.15, -0.1) is 4.48 Å². The lowest BCUT2D eigenvalue weighted by Gasteiger charge is -2.35. The van der Waals surface area contributed by atoms with Gasteiger partial charge in [0, 0.05) is 49.7 Å². The van der Waals surface area contributed by atoms with E-state index in [1.807, 2.05) is 39.0 Å². The molecule has 0 radical (unpaired) electrons. The van der Waals surface area contributed by atoms with Crippen molar-refractivity contribution in [1.82, 2.24) is 15.1 Å². The molecule has 2 aliphatic rings. The van der Waals surface area contributed by atoms with Crippen LogP contribution >= 0.6 is 11.6 Å². The third kappa shape index (κ3) is 6.74. The highest BCUT2D eigenvalue weighted by Gasteiger charge is 2.50. The topological polar surface area (TPSA) is 112 Å². The van der Waals surface area contributed by atoms with E-state index in [-0.39, 0.29) is 25.0 Å². The number of benzene rings is 1. The first-order valence-electron chi connectivity index (χ1n) is 13.7. The van der Waals surface area contributed by atoms with Gasteiger partial charge < -0.3 is 24.4 Å². The number of amides is 3. The summed E-state index contributed by atoms with van der Waals surface area (Å²) >= 11 is 6.57. The number of imide groups is 1. The fraction of sp³-hybridized carbons (Fsp3) is 0.517. The number of piperidine rings is 1. The molecule has 11 nitrogen and oxygen atoms in total. The molecule has 1 N–H and O–H groups in total. The Morgan fingerprint density at radius 1 is 1.20 bits per heavy atom. The van der Waals surface area contributed by atoms with Crippen LogP contribution in [0.15, 0.2) is 36.5 Å². The number of hydrogen-bond acceptors (Lipinski definition) is 8. The zero-order valence-corrected chi connectivity index (χ0v) is 25.1. The lowest BCUT2D eigenvalue weighted by molar-refractivity contribution is -0.713. The quantitative estimate of drug-likeness (QED) is 0.456. The number of quaternary nitrogens is 1. The lowest BCUT2D eigenvalue weighted by Crippen LogP contribution is -2.52. The number of aromatic nitrogens is 2. The van der Waals surface area contributed by atoms with E-state index in [4.69, 9.17) is 30.9 Å². The lowest BCUT2D eigenvalue weighted by atomic mass is 10.0. The number of alkyl carbamates (subject to hydrolysis) is 1. The highest BCUT2D eigenvalue weighted by atomic mass is 35.5. The molecule has 41 heavy (non-hydrogen) atoms. The molecule has 0 saturated carbocycles. The Labute approximate surface area is 245 Å². The van der Waals surface area contributed by atoms with Crippen LogP contribution in [-0.4, -0.2) is 77.9 Å². The van der Waals surface area contributed by atoms with Crippen LogP contribution in [0.2, 0.25) is 5.02 Å². The molecule has 2 aliphatic heterocycles. The first kappa shape index (κ1) is 30.5. The number of carbonyl (C=O) groups is 3. The van der Waals surface area contributed by atoms with E-state index in [0.717, 1.165) is 18.4 Å². The standard InChI is InChI=1S/C29H38ClN5O6/c1-29(2,3)41-27(37)31-21-12-10-14-33(18-21)25-22(17-20-11-6-7-13-23(20)30)24(32-34(25)19-39-4)26(36)35(28(38)40-5)15-8-9-16-35/h6-8,11,13,15,21H,9-10,12,14,16-19H2,1-5H3/p+1/t21-,35?/m1/s1. The van der Waals surface area contributed by atoms with E-state index >= 15 is 0 Å². The Morgan fingerprint density at radius 2 is 1.95 bits per heavy atom. The number of hydrogen-bond donors (Lipinski definition) is 1. The van der Waals surface area contributed by atoms with Crippen molar-refractivity contribution in [2.75, 3.05) is 38.8 Å². The van der Waals surface area contributed by atoms with Crippen molar-refractivity contribution in [3.63, 3.8) is 0 Å². The van der Waals surface area contributed by atoms with E-state index < -0.39 is 28.2 Å². The van der Waals surface area contributed by atoms with Gasteiger partial charge in [0.05, 0.1) is 7.11 Å². The van der Waals surface area contributed by atoms with Gasteiger partial charge in [0.25, 0.3) is 0 Å². The van der Waals surface area contributed by atoms with Crippen molar-refractivity contribution in [3.05, 3.63) is 58.4 Å². The molecule has 3 amide bonds. The molecule has 0 aliphatic carbocycles. The fourth-order valence-corrected chi connectivity index (χ4v) is 5.55. The van der Waals surface area contributed by atoms with Crippen LogP contribution in [0.3, 0.4) is 0 Å². The number of ether oxygens (including phenoxy) is 3. The zero-order valence-electron chi connectivity index (χ0n) is 24.3. The number of nitrogens with one attached hydrogen (secondary N) is 1. The number of methoxy groups -OCH3 is 2. The summed E-state index contributed by atoms with van der Waals surface area (Å²) in [5.74, 6) is 0.196. The van der Waals surface area contributed by atoms with Gasteiger partial charge in [-0.3, -0.25) is 0 Å². The summed E-state index contributed by atoms with van der Waals surface area (Å²) in [6.45, 7) is 6.92. The van der Waals surface area contributed by atoms with E-state index in [2.05, 4.69) is 10.2 Å². The molecule has 1 saturated heterocycles. The molecule has 2 atom stereocenters. The molecule has 0 spiro atoms. The average molecular weight is 589 g/mol. The van der Waals surface area contributed by atoms with Gasteiger partial charge in [0.1, 0.15) is 30.9 Å². The summed E-state index contributed by atoms with van der Waals surface area (Å²) < 4.78 is 17.1. The molecular formula is C29H39ClN5O6+. The molecule has 1 aromatic carbocycles. The SMILES string of the molecule is COCn1nc(C(=O)[N+]2(C(=O)OC)C=CCC2)c(Cc2ccccc2Cl)c1N1CCC[C@@H](NC(=O)OC(C)(C)C)C1. The Morgan fingerprint density at radius 3 is 2.59 bits per heavy atom. The Hall–Kier alpha value is -3.41. The molecule has 1 unspecified atom stereocenters. The first-order chi connectivity index (χ1) is 19.5. The summed E-state index contributed by atoms with van der Waals surface area (Å²) in [4.78, 5) is 41.9. The minimum atomic E-state index is -0.671. The van der Waals surface area contributed by atoms with Crippen LogP contribution in [0.4, 0.5) is 15.4 Å². The maximum atomic E-state index is 14.2. The number of anilines is 1. The highest BCUT2D eigenvalue weighted by molar-refractivity contribution is 6.31. The molecule has 3 heterocycles. The first-order valence-corrected chi connectivity index (χ1v) is 14.1. The van der Waals surface area contributed by atoms with Gasteiger partial charge in [0.15, 0.2) is 5.69 Å². The van der Waals surface area contributed by atoms with Crippen LogP contribution in [-0.2, 0) is 27.4 Å². The maximum absolute atomic E-state index is 14.2. The molecule has 2 aromatic rings. The summed E-state index contributed by atoms with van der Waals surface area (Å²) in [6.07, 6.45) is 4.63. The third-order valence-corrected chi connectivity index (χ3v) is 7.48. The van der Waals surface area contributed by atoms with Crippen LogP contribution in [0.25, 0.3) is 0 Å². The molecular weight excluding hydrogens is 550 g/mol. The second-order valence-electron chi connectivity index (χ2n) is 11.3.